The molecule has 3 aliphatic heterocycles. The van der Waals surface area contributed by atoms with Crippen LogP contribution in [-0.4, -0.2) is 125 Å². The molecule has 1 unspecified atom stereocenters. The van der Waals surface area contributed by atoms with Gasteiger partial charge in [0.1, 0.15) is 24.2 Å². The van der Waals surface area contributed by atoms with Crippen molar-refractivity contribution in [2.45, 2.75) is 149 Å². The number of likely N-dealkylation sites (tertiary alicyclic amines) is 2. The maximum Gasteiger partial charge on any atom is 0.411 e. The van der Waals surface area contributed by atoms with Gasteiger partial charge >= 0.3 is 18.0 Å². The minimum Gasteiger partial charge on any atom is -0.493 e. The highest BCUT2D eigenvalue weighted by molar-refractivity contribution is 7.18. The zero-order chi connectivity index (χ0) is 56.5. The Bertz CT molecular complexity index is 2660. The smallest absolute Gasteiger partial charge is 0.411 e. The Balaban J connectivity index is 1.11. The second-order valence-corrected chi connectivity index (χ2v) is 26.7. The summed E-state index contributed by atoms with van der Waals surface area (Å²) in [4.78, 5) is 69.7. The monoisotopic (exact) mass is 1100 g/mol. The van der Waals surface area contributed by atoms with Gasteiger partial charge < -0.3 is 57.2 Å². The first-order chi connectivity index (χ1) is 36.3. The Morgan fingerprint density at radius 2 is 1.38 bits per heavy atom. The van der Waals surface area contributed by atoms with Crippen LogP contribution in [0, 0.1) is 12.8 Å². The van der Waals surface area contributed by atoms with Crippen molar-refractivity contribution in [2.75, 3.05) is 50.4 Å². The van der Waals surface area contributed by atoms with E-state index in [4.69, 9.17) is 42.3 Å². The number of benzene rings is 3. The van der Waals surface area contributed by atoms with Gasteiger partial charge in [0.05, 0.1) is 61.6 Å². The molecule has 420 valence electrons. The van der Waals surface area contributed by atoms with Gasteiger partial charge in [-0.1, -0.05) is 71.1 Å². The highest BCUT2D eigenvalue weighted by atomic mass is 31.0. The topological polar surface area (TPSA) is 199 Å². The number of nitrogens with one attached hydrogen (secondary N) is 2. The lowest BCUT2D eigenvalue weighted by atomic mass is 9.91. The molecule has 2 N–H and O–H groups in total. The van der Waals surface area contributed by atoms with E-state index in [1.807, 2.05) is 44.7 Å². The molecule has 0 aromatic heterocycles. The first-order valence-electron chi connectivity index (χ1n) is 26.2. The number of anilines is 2. The number of carbonyl (C=O) groups is 5. The van der Waals surface area contributed by atoms with Gasteiger partial charge in [0, 0.05) is 57.5 Å². The normalized spacial score (nSPS) is 21.5. The Labute approximate surface area is 457 Å². The third kappa shape index (κ3) is 15.1. The summed E-state index contributed by atoms with van der Waals surface area (Å²) in [6.45, 7) is 31.1. The third-order valence-electron chi connectivity index (χ3n) is 14.8. The Hall–Kier alpha value is -6.14. The van der Waals surface area contributed by atoms with Crippen molar-refractivity contribution in [3.63, 3.8) is 0 Å². The summed E-state index contributed by atoms with van der Waals surface area (Å²) in [5, 5.41) is 5.92. The SMILES string of the molecule is C=C1C[C@@H](CO[Si](C)(C)C(C)(C)C)N(C(=O)c2cc(C)c(OCCCOc3cc(NC(=O)OCc4ccc(O[C@@H]5O[C@H](C)[C@@H](C)[C@H](OC(C)=O)[C@H]5OC(C)=O)cc4)c(C(=O)N4CC(=C)C[C@H]4CC)cc3OC)cc2NP)C1. The molecule has 6 rings (SSSR count). The lowest BCUT2D eigenvalue weighted by Gasteiger charge is -2.42. The average molecular weight is 1100 g/mol. The fraction of sp³-hybridized carbons (Fsp3) is 0.526. The number of hydrogen-bond acceptors (Lipinski definition) is 15. The Morgan fingerprint density at radius 1 is 0.805 bits per heavy atom. The van der Waals surface area contributed by atoms with E-state index in [2.05, 4.69) is 66.8 Å². The van der Waals surface area contributed by atoms with Gasteiger partial charge in [-0.3, -0.25) is 24.5 Å². The molecule has 0 radical (unpaired) electrons. The van der Waals surface area contributed by atoms with Gasteiger partial charge in [-0.15, -0.1) is 0 Å². The van der Waals surface area contributed by atoms with E-state index in [0.717, 1.165) is 16.7 Å². The number of amides is 3. The summed E-state index contributed by atoms with van der Waals surface area (Å²) in [6.07, 6.45) is -1.61. The van der Waals surface area contributed by atoms with Gasteiger partial charge in [-0.05, 0) is 96.0 Å². The van der Waals surface area contributed by atoms with Crippen LogP contribution in [0.5, 0.6) is 23.0 Å². The van der Waals surface area contributed by atoms with E-state index in [1.54, 1.807) is 41.3 Å². The molecule has 3 saturated heterocycles. The summed E-state index contributed by atoms with van der Waals surface area (Å²) >= 11 is 0. The number of esters is 2. The van der Waals surface area contributed by atoms with E-state index in [-0.39, 0.29) is 77.4 Å². The molecular weight excluding hydrogens is 1020 g/mol. The zero-order valence-electron chi connectivity index (χ0n) is 46.8. The molecule has 0 bridgehead atoms. The van der Waals surface area contributed by atoms with Crippen LogP contribution in [0.1, 0.15) is 113 Å². The van der Waals surface area contributed by atoms with E-state index in [0.29, 0.717) is 73.7 Å². The molecule has 3 heterocycles. The van der Waals surface area contributed by atoms with Gasteiger partial charge in [0.15, 0.2) is 19.8 Å². The van der Waals surface area contributed by atoms with E-state index in [9.17, 15) is 24.0 Å². The predicted octanol–water partition coefficient (Wildman–Crippen LogP) is 10.4. The van der Waals surface area contributed by atoms with Crippen molar-refractivity contribution in [1.29, 1.82) is 0 Å². The van der Waals surface area contributed by atoms with Crippen LogP contribution < -0.4 is 29.4 Å². The predicted molar refractivity (Wildman–Crippen MR) is 299 cm³/mol. The minimum absolute atomic E-state index is 0.0426. The van der Waals surface area contributed by atoms with Gasteiger partial charge in [-0.25, -0.2) is 4.79 Å². The molecule has 0 spiro atoms. The molecule has 3 aromatic carbocycles. The molecule has 8 atom stereocenters. The first kappa shape index (κ1) is 60.1. The van der Waals surface area contributed by atoms with Crippen LogP contribution >= 0.6 is 9.39 Å². The highest BCUT2D eigenvalue weighted by Gasteiger charge is 2.48. The molecule has 77 heavy (non-hydrogen) atoms. The van der Waals surface area contributed by atoms with Crippen molar-refractivity contribution in [1.82, 2.24) is 9.80 Å². The number of ether oxygens (including phenoxy) is 8. The molecule has 18 nitrogen and oxygen atoms in total. The number of carbonyl (C=O) groups excluding carboxylic acids is 5. The molecule has 0 saturated carbocycles. The standard InChI is InChI=1S/C57H79N4O14PSi/c1-15-41-23-33(2)29-60(41)54(65)45-26-49(67-12)50(27-46(45)58-56(66)70-31-40-17-19-43(20-18-40)75-55-52(74-39(8)63)51(73-38(7)62)36(5)37(6)72-55)69-22-16-21-68-48-28-47(59-76)44(25-35(48)4)53(64)61-30-34(3)24-42(61)32-71-77(13,14)57(9,10)11/h17-20,25-28,36-37,41-42,51-52,55,59H,2-3,15-16,21-24,29-32,76H2,1,4-14H3,(H,58,66)/t36-,37-,41-,42+,51+,52-,55+/m1/s1. The van der Waals surface area contributed by atoms with Crippen LogP contribution in [-0.2, 0) is 39.6 Å². The van der Waals surface area contributed by atoms with Crippen molar-refractivity contribution >= 4 is 58.9 Å². The Morgan fingerprint density at radius 3 is 1.96 bits per heavy atom. The minimum atomic E-state index is -2.04. The molecule has 20 heteroatoms. The van der Waals surface area contributed by atoms with Crippen LogP contribution in [0.25, 0.3) is 0 Å². The summed E-state index contributed by atoms with van der Waals surface area (Å²) in [6, 6.07) is 13.3. The van der Waals surface area contributed by atoms with Gasteiger partial charge in [0.25, 0.3) is 11.8 Å². The molecule has 3 fully saturated rings. The fourth-order valence-electron chi connectivity index (χ4n) is 9.25. The van der Waals surface area contributed by atoms with E-state index >= 15 is 0 Å². The van der Waals surface area contributed by atoms with Crippen molar-refractivity contribution in [3.8, 4) is 23.0 Å². The van der Waals surface area contributed by atoms with E-state index < -0.39 is 51.0 Å². The number of hydrogen-bond donors (Lipinski definition) is 2. The first-order valence-corrected chi connectivity index (χ1v) is 29.7. The summed E-state index contributed by atoms with van der Waals surface area (Å²) < 4.78 is 53.7. The quantitative estimate of drug-likeness (QED) is 0.0255. The lowest BCUT2D eigenvalue weighted by Crippen LogP contribution is -2.57. The molecular formula is C57H79N4O14PSi. The molecule has 3 amide bonds. The van der Waals surface area contributed by atoms with Gasteiger partial charge in [-0.2, -0.15) is 0 Å². The van der Waals surface area contributed by atoms with Crippen LogP contribution in [0.15, 0.2) is 72.8 Å². The summed E-state index contributed by atoms with van der Waals surface area (Å²) in [7, 11) is 1.92. The van der Waals surface area contributed by atoms with E-state index in [1.165, 1.54) is 21.0 Å². The second kappa shape index (κ2) is 26.0. The maximum atomic E-state index is 14.3. The van der Waals surface area contributed by atoms with Gasteiger partial charge in [0.2, 0.25) is 12.4 Å². The number of methoxy groups -OCH3 is 1. The summed E-state index contributed by atoms with van der Waals surface area (Å²) in [5.41, 5.74) is 4.79. The largest absolute Gasteiger partial charge is 0.493 e. The Kier molecular flexibility index (Phi) is 20.3. The van der Waals surface area contributed by atoms with Crippen LogP contribution in [0.2, 0.25) is 18.1 Å². The lowest BCUT2D eigenvalue weighted by molar-refractivity contribution is -0.263. The van der Waals surface area contributed by atoms with Crippen molar-refractivity contribution < 1.29 is 66.3 Å². The molecule has 3 aromatic rings. The highest BCUT2D eigenvalue weighted by Crippen LogP contribution is 2.40. The zero-order valence-corrected chi connectivity index (χ0v) is 49.0. The molecule has 3 aliphatic rings. The summed E-state index contributed by atoms with van der Waals surface area (Å²) in [5.74, 6) is -0.301. The van der Waals surface area contributed by atoms with Crippen LogP contribution in [0.3, 0.4) is 0 Å². The van der Waals surface area contributed by atoms with Crippen molar-refractivity contribution in [3.05, 3.63) is 95.1 Å². The number of aryl methyl sites for hydroxylation is 1. The maximum absolute atomic E-state index is 14.3. The molecule has 0 aliphatic carbocycles. The second-order valence-electron chi connectivity index (χ2n) is 21.6. The average Bonchev–Trinajstić information content (AvgIpc) is 3.96. The number of nitrogens with zero attached hydrogens (tertiary/aromatic N) is 2. The fourth-order valence-corrected chi connectivity index (χ4v) is 10.5. The number of rotatable bonds is 21. The van der Waals surface area contributed by atoms with Crippen LogP contribution in [0.4, 0.5) is 16.2 Å². The van der Waals surface area contributed by atoms with Crippen molar-refractivity contribution in [2.24, 2.45) is 5.92 Å². The third-order valence-corrected chi connectivity index (χ3v) is 19.6.